The van der Waals surface area contributed by atoms with Crippen LogP contribution >= 0.6 is 11.6 Å². The lowest BCUT2D eigenvalue weighted by Gasteiger charge is -2.14. The molecule has 4 nitrogen and oxygen atoms in total. The first-order valence-electron chi connectivity index (χ1n) is 6.36. The molecule has 0 aliphatic carbocycles. The maximum Gasteiger partial charge on any atom is 0.134 e. The van der Waals surface area contributed by atoms with Crippen LogP contribution in [-0.4, -0.2) is 9.97 Å². The highest BCUT2D eigenvalue weighted by molar-refractivity contribution is 6.29. The van der Waals surface area contributed by atoms with E-state index >= 15 is 0 Å². The van der Waals surface area contributed by atoms with Crippen LogP contribution in [0.3, 0.4) is 0 Å². The molecule has 0 aromatic carbocycles. The van der Waals surface area contributed by atoms with Crippen molar-refractivity contribution in [1.29, 1.82) is 0 Å². The van der Waals surface area contributed by atoms with Gasteiger partial charge in [0.2, 0.25) is 0 Å². The van der Waals surface area contributed by atoms with Gasteiger partial charge in [-0.05, 0) is 26.8 Å². The predicted octanol–water partition coefficient (Wildman–Crippen LogP) is 4.08. The van der Waals surface area contributed by atoms with Crippen molar-refractivity contribution < 1.29 is 4.42 Å². The molecule has 0 amide bonds. The molecule has 0 aliphatic rings. The van der Waals surface area contributed by atoms with E-state index in [1.54, 1.807) is 6.07 Å². The van der Waals surface area contributed by atoms with Gasteiger partial charge in [0.15, 0.2) is 0 Å². The third kappa shape index (κ3) is 3.26. The second kappa shape index (κ2) is 5.61. The molecule has 5 heteroatoms. The van der Waals surface area contributed by atoms with Crippen LogP contribution in [0.5, 0.6) is 0 Å². The number of anilines is 1. The van der Waals surface area contributed by atoms with Gasteiger partial charge in [-0.15, -0.1) is 0 Å². The molecule has 0 fully saturated rings. The van der Waals surface area contributed by atoms with Crippen molar-refractivity contribution in [2.45, 2.75) is 40.2 Å². The molecule has 0 saturated carbocycles. The van der Waals surface area contributed by atoms with Crippen LogP contribution in [0.1, 0.15) is 42.8 Å². The minimum Gasteiger partial charge on any atom is -0.466 e. The highest BCUT2D eigenvalue weighted by atomic mass is 35.5. The molecule has 102 valence electrons. The van der Waals surface area contributed by atoms with Crippen LogP contribution in [0, 0.1) is 13.8 Å². The van der Waals surface area contributed by atoms with E-state index in [0.29, 0.717) is 5.15 Å². The lowest BCUT2D eigenvalue weighted by atomic mass is 10.1. The highest BCUT2D eigenvalue weighted by Crippen LogP contribution is 2.25. The fourth-order valence-electron chi connectivity index (χ4n) is 2.08. The molecule has 0 spiro atoms. The van der Waals surface area contributed by atoms with Crippen molar-refractivity contribution in [3.63, 3.8) is 0 Å². The number of furan rings is 1. The van der Waals surface area contributed by atoms with Gasteiger partial charge in [0.05, 0.1) is 6.04 Å². The maximum atomic E-state index is 5.98. The van der Waals surface area contributed by atoms with Gasteiger partial charge >= 0.3 is 0 Å². The van der Waals surface area contributed by atoms with Crippen molar-refractivity contribution in [2.75, 3.05) is 5.32 Å². The summed E-state index contributed by atoms with van der Waals surface area (Å²) in [5.41, 5.74) is 1.13. The molecule has 0 aliphatic heterocycles. The number of halogens is 1. The maximum absolute atomic E-state index is 5.98. The third-order valence-corrected chi connectivity index (χ3v) is 3.16. The van der Waals surface area contributed by atoms with E-state index < -0.39 is 0 Å². The normalized spacial score (nSPS) is 12.5. The van der Waals surface area contributed by atoms with Gasteiger partial charge in [0.25, 0.3) is 0 Å². The van der Waals surface area contributed by atoms with Gasteiger partial charge < -0.3 is 9.73 Å². The van der Waals surface area contributed by atoms with Crippen LogP contribution < -0.4 is 5.32 Å². The van der Waals surface area contributed by atoms with Crippen molar-refractivity contribution in [2.24, 2.45) is 0 Å². The molecule has 1 atom stereocenters. The van der Waals surface area contributed by atoms with Gasteiger partial charge in [-0.2, -0.15) is 0 Å². The largest absolute Gasteiger partial charge is 0.466 e. The Morgan fingerprint density at radius 3 is 2.63 bits per heavy atom. The summed E-state index contributed by atoms with van der Waals surface area (Å²) in [6, 6.07) is 3.88. The van der Waals surface area contributed by atoms with Crippen molar-refractivity contribution >= 4 is 17.4 Å². The van der Waals surface area contributed by atoms with Crippen LogP contribution in [0.15, 0.2) is 16.5 Å². The van der Waals surface area contributed by atoms with Crippen molar-refractivity contribution in [1.82, 2.24) is 9.97 Å². The Balaban J connectivity index is 2.21. The zero-order valence-electron chi connectivity index (χ0n) is 11.6. The van der Waals surface area contributed by atoms with E-state index in [0.717, 1.165) is 35.1 Å². The Morgan fingerprint density at radius 2 is 2.05 bits per heavy atom. The average molecular weight is 280 g/mol. The molecule has 1 N–H and O–H groups in total. The van der Waals surface area contributed by atoms with Gasteiger partial charge in [-0.1, -0.05) is 18.5 Å². The first-order chi connectivity index (χ1) is 8.99. The van der Waals surface area contributed by atoms with Gasteiger partial charge in [-0.3, -0.25) is 0 Å². The fraction of sp³-hybridized carbons (Fsp3) is 0.429. The van der Waals surface area contributed by atoms with Crippen LogP contribution in [0.4, 0.5) is 5.82 Å². The summed E-state index contributed by atoms with van der Waals surface area (Å²) in [6.07, 6.45) is 0.757. The lowest BCUT2D eigenvalue weighted by Crippen LogP contribution is -2.09. The third-order valence-electron chi connectivity index (χ3n) is 2.97. The second-order valence-corrected chi connectivity index (χ2v) is 4.97. The molecular formula is C14H18ClN3O. The number of hydrogen-bond acceptors (Lipinski definition) is 4. The summed E-state index contributed by atoms with van der Waals surface area (Å²) < 4.78 is 5.54. The molecule has 0 bridgehead atoms. The summed E-state index contributed by atoms with van der Waals surface area (Å²) in [5, 5.41) is 3.79. The molecule has 0 radical (unpaired) electrons. The van der Waals surface area contributed by atoms with Gasteiger partial charge in [-0.25, -0.2) is 9.97 Å². The zero-order valence-corrected chi connectivity index (χ0v) is 12.4. The Bertz CT molecular complexity index is 580. The van der Waals surface area contributed by atoms with E-state index in [2.05, 4.69) is 22.2 Å². The topological polar surface area (TPSA) is 51.0 Å². The van der Waals surface area contributed by atoms with Crippen LogP contribution in [0.2, 0.25) is 5.15 Å². The average Bonchev–Trinajstić information content (AvgIpc) is 2.67. The lowest BCUT2D eigenvalue weighted by molar-refractivity contribution is 0.499. The summed E-state index contributed by atoms with van der Waals surface area (Å²) in [5.74, 6) is 3.31. The summed E-state index contributed by atoms with van der Waals surface area (Å²) >= 11 is 5.98. The second-order valence-electron chi connectivity index (χ2n) is 4.58. The van der Waals surface area contributed by atoms with E-state index in [9.17, 15) is 0 Å². The summed E-state index contributed by atoms with van der Waals surface area (Å²) in [7, 11) is 0. The zero-order chi connectivity index (χ0) is 14.0. The minimum atomic E-state index is 0.105. The number of aromatic nitrogens is 2. The molecule has 2 aromatic heterocycles. The molecule has 19 heavy (non-hydrogen) atoms. The van der Waals surface area contributed by atoms with Gasteiger partial charge in [0, 0.05) is 18.1 Å². The van der Waals surface area contributed by atoms with E-state index in [1.165, 1.54) is 0 Å². The Hall–Kier alpha value is -1.55. The molecule has 2 heterocycles. The van der Waals surface area contributed by atoms with Crippen molar-refractivity contribution in [3.8, 4) is 0 Å². The molecule has 2 rings (SSSR count). The van der Waals surface area contributed by atoms with Crippen LogP contribution in [-0.2, 0) is 6.42 Å². The quantitative estimate of drug-likeness (QED) is 0.857. The van der Waals surface area contributed by atoms with Crippen LogP contribution in [0.25, 0.3) is 0 Å². The molecular weight excluding hydrogens is 262 g/mol. The fourth-order valence-corrected chi connectivity index (χ4v) is 2.28. The Kier molecular flexibility index (Phi) is 4.10. The first-order valence-corrected chi connectivity index (χ1v) is 6.74. The van der Waals surface area contributed by atoms with Crippen molar-refractivity contribution in [3.05, 3.63) is 40.2 Å². The Labute approximate surface area is 118 Å². The number of hydrogen-bond donors (Lipinski definition) is 1. The molecule has 2 aromatic rings. The van der Waals surface area contributed by atoms with E-state index in [-0.39, 0.29) is 6.04 Å². The SMILES string of the molecule is CCc1nc(Cl)cc(NC(C)c2cc(C)oc2C)n1. The minimum absolute atomic E-state index is 0.105. The standard InChI is InChI=1S/C14H18ClN3O/c1-5-13-17-12(15)7-14(18-13)16-9(3)11-6-8(2)19-10(11)4/h6-7,9H,5H2,1-4H3,(H,16,17,18). The summed E-state index contributed by atoms with van der Waals surface area (Å²) in [6.45, 7) is 7.98. The molecule has 0 saturated heterocycles. The van der Waals surface area contributed by atoms with E-state index in [4.69, 9.17) is 16.0 Å². The molecule has 1 unspecified atom stereocenters. The predicted molar refractivity (Wildman–Crippen MR) is 76.6 cm³/mol. The smallest absolute Gasteiger partial charge is 0.134 e. The van der Waals surface area contributed by atoms with E-state index in [1.807, 2.05) is 26.8 Å². The number of nitrogens with one attached hydrogen (secondary N) is 1. The number of aryl methyl sites for hydroxylation is 3. The summed E-state index contributed by atoms with van der Waals surface area (Å²) in [4.78, 5) is 8.57. The number of rotatable bonds is 4. The monoisotopic (exact) mass is 279 g/mol. The highest BCUT2D eigenvalue weighted by Gasteiger charge is 2.13. The van der Waals surface area contributed by atoms with Gasteiger partial charge in [0.1, 0.15) is 28.3 Å². The Morgan fingerprint density at radius 1 is 1.32 bits per heavy atom. The number of nitrogens with zero attached hydrogens (tertiary/aromatic N) is 2. The first kappa shape index (κ1) is 13.9.